The van der Waals surface area contributed by atoms with E-state index in [1.165, 1.54) is 6.07 Å². The van der Waals surface area contributed by atoms with E-state index < -0.39 is 0 Å². The predicted octanol–water partition coefficient (Wildman–Crippen LogP) is 2.64. The molecular formula is C12H17ClFNO. The molecule has 0 aliphatic carbocycles. The summed E-state index contributed by atoms with van der Waals surface area (Å²) in [5.41, 5.74) is 0.535. The zero-order valence-corrected chi connectivity index (χ0v) is 10.5. The Kier molecular flexibility index (Phi) is 5.19. The molecule has 0 aliphatic rings. The molecule has 0 amide bonds. The molecule has 0 spiro atoms. The van der Waals surface area contributed by atoms with Crippen LogP contribution in [0.15, 0.2) is 18.2 Å². The van der Waals surface area contributed by atoms with Gasteiger partial charge >= 0.3 is 0 Å². The molecule has 16 heavy (non-hydrogen) atoms. The number of nitrogens with one attached hydrogen (secondary N) is 1. The fraction of sp³-hybridized carbons (Fsp3) is 0.500. The Hall–Kier alpha value is -0.640. The summed E-state index contributed by atoms with van der Waals surface area (Å²) in [6.45, 7) is 1.94. The van der Waals surface area contributed by atoms with Crippen LogP contribution >= 0.6 is 11.6 Å². The maximum Gasteiger partial charge on any atom is 0.127 e. The minimum atomic E-state index is -0.268. The van der Waals surface area contributed by atoms with Crippen LogP contribution in [0.5, 0.6) is 0 Å². The number of hydrogen-bond acceptors (Lipinski definition) is 2. The van der Waals surface area contributed by atoms with E-state index in [-0.39, 0.29) is 18.0 Å². The van der Waals surface area contributed by atoms with Crippen LogP contribution in [0.25, 0.3) is 0 Å². The van der Waals surface area contributed by atoms with Crippen molar-refractivity contribution in [1.82, 2.24) is 5.32 Å². The summed E-state index contributed by atoms with van der Waals surface area (Å²) in [6.07, 6.45) is 0.512. The maximum absolute atomic E-state index is 13.6. The lowest BCUT2D eigenvalue weighted by Crippen LogP contribution is -2.39. The summed E-state index contributed by atoms with van der Waals surface area (Å²) >= 11 is 5.97. The van der Waals surface area contributed by atoms with Gasteiger partial charge < -0.3 is 10.1 Å². The van der Waals surface area contributed by atoms with Crippen molar-refractivity contribution in [2.24, 2.45) is 0 Å². The molecule has 0 saturated carbocycles. The molecule has 0 fully saturated rings. The van der Waals surface area contributed by atoms with Gasteiger partial charge in [-0.3, -0.25) is 0 Å². The molecule has 1 N–H and O–H groups in total. The van der Waals surface area contributed by atoms with Gasteiger partial charge in [0.05, 0.1) is 6.10 Å². The summed E-state index contributed by atoms with van der Waals surface area (Å²) in [4.78, 5) is 0. The molecule has 1 aromatic carbocycles. The Morgan fingerprint density at radius 2 is 2.19 bits per heavy atom. The topological polar surface area (TPSA) is 21.3 Å². The molecule has 90 valence electrons. The first kappa shape index (κ1) is 13.4. The highest BCUT2D eigenvalue weighted by molar-refractivity contribution is 6.31. The van der Waals surface area contributed by atoms with Crippen LogP contribution in [-0.2, 0) is 11.2 Å². The normalized spacial score (nSPS) is 14.8. The summed E-state index contributed by atoms with van der Waals surface area (Å²) in [7, 11) is 3.47. The van der Waals surface area contributed by atoms with Crippen LogP contribution in [0.4, 0.5) is 4.39 Å². The van der Waals surface area contributed by atoms with Gasteiger partial charge in [0, 0.05) is 23.7 Å². The summed E-state index contributed by atoms with van der Waals surface area (Å²) < 4.78 is 18.8. The van der Waals surface area contributed by atoms with Gasteiger partial charge in [0.25, 0.3) is 0 Å². The first-order valence-corrected chi connectivity index (χ1v) is 5.61. The van der Waals surface area contributed by atoms with Crippen molar-refractivity contribution >= 4 is 11.6 Å². The Balaban J connectivity index is 2.85. The number of likely N-dealkylation sites (N-methyl/N-ethyl adjacent to an activating group) is 1. The second-order valence-electron chi connectivity index (χ2n) is 3.74. The van der Waals surface area contributed by atoms with E-state index in [9.17, 15) is 4.39 Å². The van der Waals surface area contributed by atoms with Gasteiger partial charge in [-0.2, -0.15) is 0 Å². The third-order valence-corrected chi connectivity index (χ3v) is 3.15. The summed E-state index contributed by atoms with van der Waals surface area (Å²) in [5.74, 6) is -0.268. The minimum Gasteiger partial charge on any atom is -0.380 e. The second-order valence-corrected chi connectivity index (χ2v) is 4.15. The number of benzene rings is 1. The highest BCUT2D eigenvalue weighted by atomic mass is 35.5. The van der Waals surface area contributed by atoms with Crippen molar-refractivity contribution in [1.29, 1.82) is 0 Å². The molecule has 0 aromatic heterocycles. The average molecular weight is 246 g/mol. The van der Waals surface area contributed by atoms with Crippen LogP contribution in [0.3, 0.4) is 0 Å². The second kappa shape index (κ2) is 6.18. The standard InChI is InChI=1S/C12H17ClFNO/c1-8(16-3)12(15-2)7-9-10(13)5-4-6-11(9)14/h4-6,8,12,15H,7H2,1-3H3. The van der Waals surface area contributed by atoms with Crippen molar-refractivity contribution < 1.29 is 9.13 Å². The molecule has 2 nitrogen and oxygen atoms in total. The van der Waals surface area contributed by atoms with Crippen molar-refractivity contribution in [2.45, 2.75) is 25.5 Å². The van der Waals surface area contributed by atoms with E-state index in [4.69, 9.17) is 16.3 Å². The van der Waals surface area contributed by atoms with Gasteiger partial charge in [-0.25, -0.2) is 4.39 Å². The van der Waals surface area contributed by atoms with Gasteiger partial charge in [-0.05, 0) is 32.5 Å². The first-order valence-electron chi connectivity index (χ1n) is 5.23. The monoisotopic (exact) mass is 245 g/mol. The van der Waals surface area contributed by atoms with Gasteiger partial charge in [-0.15, -0.1) is 0 Å². The molecule has 0 saturated heterocycles. The first-order chi connectivity index (χ1) is 7.60. The Morgan fingerprint density at radius 1 is 1.50 bits per heavy atom. The molecule has 4 heteroatoms. The third-order valence-electron chi connectivity index (χ3n) is 2.79. The third kappa shape index (κ3) is 3.17. The molecule has 0 heterocycles. The number of rotatable bonds is 5. The predicted molar refractivity (Wildman–Crippen MR) is 64.4 cm³/mol. The highest BCUT2D eigenvalue weighted by Gasteiger charge is 2.18. The number of halogens is 2. The summed E-state index contributed by atoms with van der Waals surface area (Å²) in [5, 5.41) is 3.57. The highest BCUT2D eigenvalue weighted by Crippen LogP contribution is 2.21. The Labute approximate surface area is 101 Å². The number of hydrogen-bond donors (Lipinski definition) is 1. The largest absolute Gasteiger partial charge is 0.380 e. The minimum absolute atomic E-state index is 0.000623. The van der Waals surface area contributed by atoms with Crippen LogP contribution in [0.1, 0.15) is 12.5 Å². The lowest BCUT2D eigenvalue weighted by Gasteiger charge is -2.23. The van der Waals surface area contributed by atoms with Crippen molar-refractivity contribution in [3.63, 3.8) is 0 Å². The molecular weight excluding hydrogens is 229 g/mol. The quantitative estimate of drug-likeness (QED) is 0.861. The van der Waals surface area contributed by atoms with Crippen molar-refractivity contribution in [3.8, 4) is 0 Å². The van der Waals surface area contributed by atoms with E-state index >= 15 is 0 Å². The lowest BCUT2D eigenvalue weighted by atomic mass is 10.0. The summed E-state index contributed by atoms with van der Waals surface area (Å²) in [6, 6.07) is 4.77. The average Bonchev–Trinajstić information content (AvgIpc) is 2.28. The van der Waals surface area contributed by atoms with Gasteiger partial charge in [0.2, 0.25) is 0 Å². The molecule has 0 bridgehead atoms. The number of ether oxygens (including phenoxy) is 1. The SMILES string of the molecule is CNC(Cc1c(F)cccc1Cl)C(C)OC. The molecule has 1 rings (SSSR count). The maximum atomic E-state index is 13.6. The molecule has 2 atom stereocenters. The zero-order valence-electron chi connectivity index (χ0n) is 9.76. The molecule has 0 radical (unpaired) electrons. The van der Waals surface area contributed by atoms with Gasteiger partial charge in [-0.1, -0.05) is 17.7 Å². The van der Waals surface area contributed by atoms with Crippen molar-refractivity contribution in [3.05, 3.63) is 34.6 Å². The van der Waals surface area contributed by atoms with E-state index in [0.717, 1.165) is 0 Å². The van der Waals surface area contributed by atoms with Crippen LogP contribution in [-0.4, -0.2) is 26.3 Å². The van der Waals surface area contributed by atoms with Crippen molar-refractivity contribution in [2.75, 3.05) is 14.2 Å². The van der Waals surface area contributed by atoms with Crippen LogP contribution < -0.4 is 5.32 Å². The molecule has 2 unspecified atom stereocenters. The van der Waals surface area contributed by atoms with E-state index in [2.05, 4.69) is 5.32 Å². The Bertz CT molecular complexity index is 326. The zero-order chi connectivity index (χ0) is 12.1. The lowest BCUT2D eigenvalue weighted by molar-refractivity contribution is 0.0854. The Morgan fingerprint density at radius 3 is 2.69 bits per heavy atom. The van der Waals surface area contributed by atoms with Crippen LogP contribution in [0.2, 0.25) is 5.02 Å². The van der Waals surface area contributed by atoms with Crippen LogP contribution in [0, 0.1) is 5.82 Å². The van der Waals surface area contributed by atoms with E-state index in [0.29, 0.717) is 17.0 Å². The van der Waals surface area contributed by atoms with E-state index in [1.54, 1.807) is 19.2 Å². The van der Waals surface area contributed by atoms with E-state index in [1.807, 2.05) is 14.0 Å². The fourth-order valence-electron chi connectivity index (χ4n) is 1.61. The molecule has 1 aromatic rings. The fourth-order valence-corrected chi connectivity index (χ4v) is 1.85. The number of methoxy groups -OCH3 is 1. The smallest absolute Gasteiger partial charge is 0.127 e. The molecule has 0 aliphatic heterocycles. The van der Waals surface area contributed by atoms with Gasteiger partial charge in [0.15, 0.2) is 0 Å². The van der Waals surface area contributed by atoms with Gasteiger partial charge in [0.1, 0.15) is 5.82 Å².